The van der Waals surface area contributed by atoms with Crippen LogP contribution < -0.4 is 21.3 Å². The number of pyridine rings is 1. The Morgan fingerprint density at radius 2 is 2.03 bits per heavy atom. The van der Waals surface area contributed by atoms with Crippen molar-refractivity contribution < 1.29 is 9.90 Å². The highest BCUT2D eigenvalue weighted by molar-refractivity contribution is 5.80. The Kier molecular flexibility index (Phi) is 9.14. The van der Waals surface area contributed by atoms with E-state index in [0.717, 1.165) is 75.6 Å². The highest BCUT2D eigenvalue weighted by Crippen LogP contribution is 2.38. The van der Waals surface area contributed by atoms with Crippen LogP contribution in [0.5, 0.6) is 0 Å². The molecule has 0 atom stereocenters. The van der Waals surface area contributed by atoms with Crippen molar-refractivity contribution in [3.05, 3.63) is 23.9 Å². The van der Waals surface area contributed by atoms with Crippen molar-refractivity contribution in [2.75, 3.05) is 37.7 Å². The highest BCUT2D eigenvalue weighted by Gasteiger charge is 2.31. The Labute approximate surface area is 192 Å². The maximum Gasteiger partial charge on any atom is 0.220 e. The van der Waals surface area contributed by atoms with E-state index >= 15 is 0 Å². The fourth-order valence-electron chi connectivity index (χ4n) is 5.05. The van der Waals surface area contributed by atoms with Crippen molar-refractivity contribution in [2.24, 2.45) is 22.1 Å². The van der Waals surface area contributed by atoms with Crippen molar-refractivity contribution in [2.45, 2.75) is 64.8 Å². The number of aliphatic imine (C=N–C) groups is 1. The van der Waals surface area contributed by atoms with Gasteiger partial charge in [-0.3, -0.25) is 4.79 Å². The molecule has 8 heteroatoms. The molecule has 0 bridgehead atoms. The Balaban J connectivity index is 1.65. The molecular formula is C24H40N6O2. The van der Waals surface area contributed by atoms with Gasteiger partial charge in [-0.25, -0.2) is 9.98 Å². The van der Waals surface area contributed by atoms with Gasteiger partial charge in [-0.1, -0.05) is 25.3 Å². The molecule has 1 aliphatic heterocycles. The molecule has 0 unspecified atom stereocenters. The van der Waals surface area contributed by atoms with Gasteiger partial charge in [0.15, 0.2) is 5.96 Å². The van der Waals surface area contributed by atoms with E-state index in [9.17, 15) is 9.90 Å². The zero-order valence-corrected chi connectivity index (χ0v) is 19.5. The maximum absolute atomic E-state index is 11.5. The molecular weight excluding hydrogens is 404 g/mol. The summed E-state index contributed by atoms with van der Waals surface area (Å²) in [5.74, 6) is 1.51. The van der Waals surface area contributed by atoms with Gasteiger partial charge in [0.1, 0.15) is 5.82 Å². The summed E-state index contributed by atoms with van der Waals surface area (Å²) in [7, 11) is 0. The zero-order chi connectivity index (χ0) is 22.8. The van der Waals surface area contributed by atoms with Crippen LogP contribution in [0.15, 0.2) is 23.3 Å². The molecule has 3 rings (SSSR count). The summed E-state index contributed by atoms with van der Waals surface area (Å²) in [6, 6.07) is 4.02. The van der Waals surface area contributed by atoms with Gasteiger partial charge in [-0.2, -0.15) is 0 Å². The monoisotopic (exact) mass is 444 g/mol. The lowest BCUT2D eigenvalue weighted by atomic mass is 9.72. The number of primary amides is 1. The van der Waals surface area contributed by atoms with Gasteiger partial charge in [0.2, 0.25) is 5.91 Å². The van der Waals surface area contributed by atoms with Crippen molar-refractivity contribution in [3.63, 3.8) is 0 Å². The SMILES string of the molecule is CCNC(=NCc1cccnc1N1CCC(C(N)=O)CC1)NCC1(CCO)CCCCC1. The standard InChI is InChI=1S/C24H40N6O2/c1-2-26-23(29-18-24(12-16-31)10-4-3-5-11-24)28-17-20-7-6-13-27-22(20)30-14-8-19(9-15-30)21(25)32/h6-7,13,19,31H,2-5,8-12,14-18H2,1H3,(H2,25,32)(H2,26,28,29). The molecule has 32 heavy (non-hydrogen) atoms. The molecule has 1 aliphatic carbocycles. The van der Waals surface area contributed by atoms with Crippen LogP contribution in [0, 0.1) is 11.3 Å². The molecule has 1 saturated heterocycles. The van der Waals surface area contributed by atoms with E-state index in [1.807, 2.05) is 12.3 Å². The summed E-state index contributed by atoms with van der Waals surface area (Å²) >= 11 is 0. The third kappa shape index (κ3) is 6.58. The minimum Gasteiger partial charge on any atom is -0.396 e. The van der Waals surface area contributed by atoms with Gasteiger partial charge in [-0.15, -0.1) is 0 Å². The van der Waals surface area contributed by atoms with Gasteiger partial charge < -0.3 is 26.4 Å². The van der Waals surface area contributed by atoms with E-state index in [-0.39, 0.29) is 23.8 Å². The number of nitrogens with zero attached hydrogens (tertiary/aromatic N) is 3. The summed E-state index contributed by atoms with van der Waals surface area (Å²) < 4.78 is 0. The van der Waals surface area contributed by atoms with Crippen LogP contribution >= 0.6 is 0 Å². The van der Waals surface area contributed by atoms with Crippen molar-refractivity contribution in [1.82, 2.24) is 15.6 Å². The van der Waals surface area contributed by atoms with Gasteiger partial charge in [0.05, 0.1) is 6.54 Å². The Bertz CT molecular complexity index is 749. The van der Waals surface area contributed by atoms with Crippen molar-refractivity contribution in [3.8, 4) is 0 Å². The van der Waals surface area contributed by atoms with Crippen LogP contribution in [0.2, 0.25) is 0 Å². The summed E-state index contributed by atoms with van der Waals surface area (Å²) in [6.07, 6.45) is 10.3. The second-order valence-corrected chi connectivity index (χ2v) is 9.23. The maximum atomic E-state index is 11.5. The zero-order valence-electron chi connectivity index (χ0n) is 19.5. The summed E-state index contributed by atoms with van der Waals surface area (Å²) in [4.78, 5) is 23.2. The highest BCUT2D eigenvalue weighted by atomic mass is 16.3. The number of amides is 1. The molecule has 1 saturated carbocycles. The number of piperidine rings is 1. The van der Waals surface area contributed by atoms with E-state index < -0.39 is 0 Å². The minimum absolute atomic E-state index is 0.0352. The molecule has 178 valence electrons. The predicted octanol–water partition coefficient (Wildman–Crippen LogP) is 2.17. The van der Waals surface area contributed by atoms with E-state index in [1.165, 1.54) is 19.3 Å². The van der Waals surface area contributed by atoms with Gasteiger partial charge >= 0.3 is 0 Å². The largest absolute Gasteiger partial charge is 0.396 e. The molecule has 2 aliphatic rings. The van der Waals surface area contributed by atoms with Gasteiger partial charge in [0, 0.05) is 50.5 Å². The van der Waals surface area contributed by atoms with Crippen LogP contribution in [0.4, 0.5) is 5.82 Å². The first-order valence-electron chi connectivity index (χ1n) is 12.2. The van der Waals surface area contributed by atoms with Gasteiger partial charge in [-0.05, 0) is 50.5 Å². The first kappa shape index (κ1) is 24.3. The molecule has 5 N–H and O–H groups in total. The number of hydrogen-bond donors (Lipinski definition) is 4. The smallest absolute Gasteiger partial charge is 0.220 e. The number of nitrogens with two attached hydrogens (primary N) is 1. The average molecular weight is 445 g/mol. The first-order valence-corrected chi connectivity index (χ1v) is 12.2. The molecule has 2 fully saturated rings. The van der Waals surface area contributed by atoms with Crippen LogP contribution in [0.3, 0.4) is 0 Å². The van der Waals surface area contributed by atoms with Crippen LogP contribution in [0.1, 0.15) is 63.9 Å². The second-order valence-electron chi connectivity index (χ2n) is 9.23. The quantitative estimate of drug-likeness (QED) is 0.343. The number of aliphatic hydroxyl groups excluding tert-OH is 1. The lowest BCUT2D eigenvalue weighted by Crippen LogP contribution is -2.45. The first-order chi connectivity index (χ1) is 15.6. The lowest BCUT2D eigenvalue weighted by Gasteiger charge is -2.37. The molecule has 1 aromatic heterocycles. The van der Waals surface area contributed by atoms with E-state index in [2.05, 4.69) is 33.5 Å². The number of rotatable bonds is 9. The van der Waals surface area contributed by atoms with Crippen LogP contribution in [-0.2, 0) is 11.3 Å². The third-order valence-corrected chi connectivity index (χ3v) is 7.00. The molecule has 0 radical (unpaired) electrons. The number of aliphatic hydroxyl groups is 1. The molecule has 0 spiro atoms. The molecule has 1 aromatic rings. The fraction of sp³-hybridized carbons (Fsp3) is 0.708. The van der Waals surface area contributed by atoms with Gasteiger partial charge in [0.25, 0.3) is 0 Å². The van der Waals surface area contributed by atoms with Crippen LogP contribution in [-0.4, -0.2) is 54.7 Å². The topological polar surface area (TPSA) is 116 Å². The number of aromatic nitrogens is 1. The predicted molar refractivity (Wildman–Crippen MR) is 128 cm³/mol. The number of guanidine groups is 1. The number of nitrogens with one attached hydrogen (secondary N) is 2. The summed E-state index contributed by atoms with van der Waals surface area (Å²) in [5.41, 5.74) is 6.72. The summed E-state index contributed by atoms with van der Waals surface area (Å²) in [6.45, 7) is 6.02. The molecule has 1 amide bonds. The van der Waals surface area contributed by atoms with Crippen molar-refractivity contribution >= 4 is 17.7 Å². The minimum atomic E-state index is -0.200. The molecule has 2 heterocycles. The van der Waals surface area contributed by atoms with Crippen LogP contribution in [0.25, 0.3) is 0 Å². The third-order valence-electron chi connectivity index (χ3n) is 7.00. The fourth-order valence-corrected chi connectivity index (χ4v) is 5.05. The number of carbonyl (C=O) groups excluding carboxylic acids is 1. The number of hydrogen-bond acceptors (Lipinski definition) is 5. The second kappa shape index (κ2) is 12.0. The summed E-state index contributed by atoms with van der Waals surface area (Å²) in [5, 5.41) is 16.5. The van der Waals surface area contributed by atoms with E-state index in [0.29, 0.717) is 6.54 Å². The lowest BCUT2D eigenvalue weighted by molar-refractivity contribution is -0.122. The number of anilines is 1. The van der Waals surface area contributed by atoms with Crippen molar-refractivity contribution in [1.29, 1.82) is 0 Å². The van der Waals surface area contributed by atoms with E-state index in [1.54, 1.807) is 0 Å². The molecule has 0 aromatic carbocycles. The Hall–Kier alpha value is -2.35. The Morgan fingerprint density at radius 3 is 2.69 bits per heavy atom. The Morgan fingerprint density at radius 1 is 1.28 bits per heavy atom. The molecule has 8 nitrogen and oxygen atoms in total. The number of carbonyl (C=O) groups is 1. The normalized spacial score (nSPS) is 19.6. The average Bonchev–Trinajstić information content (AvgIpc) is 2.82. The van der Waals surface area contributed by atoms with E-state index in [4.69, 9.17) is 10.7 Å².